The molecule has 0 aliphatic heterocycles. The van der Waals surface area contributed by atoms with Crippen molar-refractivity contribution in [3.63, 3.8) is 0 Å². The van der Waals surface area contributed by atoms with Crippen LogP contribution in [0.15, 0.2) is 36.4 Å². The molecule has 0 aliphatic rings. The fourth-order valence-corrected chi connectivity index (χ4v) is 2.59. The molecule has 98 valence electrons. The summed E-state index contributed by atoms with van der Waals surface area (Å²) >= 11 is 11.4. The van der Waals surface area contributed by atoms with Crippen molar-refractivity contribution >= 4 is 34.9 Å². The van der Waals surface area contributed by atoms with Crippen molar-refractivity contribution in [2.24, 2.45) is 0 Å². The van der Waals surface area contributed by atoms with Gasteiger partial charge >= 0.3 is 0 Å². The molecule has 0 saturated heterocycles. The Morgan fingerprint density at radius 1 is 1.25 bits per heavy atom. The molecular formula is C14H7ClFN3S. The third kappa shape index (κ3) is 1.99. The Bertz CT molecular complexity index is 920. The van der Waals surface area contributed by atoms with Gasteiger partial charge in [0.05, 0.1) is 33.4 Å². The number of imidazole rings is 1. The summed E-state index contributed by atoms with van der Waals surface area (Å²) in [6, 6.07) is 11.3. The molecule has 0 bridgehead atoms. The molecule has 0 saturated carbocycles. The van der Waals surface area contributed by atoms with E-state index in [0.29, 0.717) is 32.1 Å². The molecule has 0 aliphatic carbocycles. The zero-order valence-corrected chi connectivity index (χ0v) is 11.6. The van der Waals surface area contributed by atoms with Gasteiger partial charge in [0.15, 0.2) is 4.77 Å². The van der Waals surface area contributed by atoms with Gasteiger partial charge in [0.1, 0.15) is 5.82 Å². The summed E-state index contributed by atoms with van der Waals surface area (Å²) in [5, 5.41) is 9.45. The predicted octanol–water partition coefficient (Wildman–Crippen LogP) is 4.35. The molecule has 6 heteroatoms. The first-order valence-electron chi connectivity index (χ1n) is 5.70. The molecule has 2 aromatic carbocycles. The highest BCUT2D eigenvalue weighted by atomic mass is 35.5. The topological polar surface area (TPSA) is 44.5 Å². The van der Waals surface area contributed by atoms with Crippen LogP contribution in [-0.4, -0.2) is 9.55 Å². The molecule has 1 heterocycles. The van der Waals surface area contributed by atoms with Gasteiger partial charge in [0.25, 0.3) is 0 Å². The summed E-state index contributed by atoms with van der Waals surface area (Å²) < 4.78 is 15.3. The minimum Gasteiger partial charge on any atom is -0.330 e. The summed E-state index contributed by atoms with van der Waals surface area (Å²) in [5.74, 6) is -0.349. The number of H-pyrrole nitrogens is 1. The second kappa shape index (κ2) is 4.75. The highest BCUT2D eigenvalue weighted by molar-refractivity contribution is 7.71. The number of nitrogens with one attached hydrogen (secondary N) is 1. The van der Waals surface area contributed by atoms with Crippen molar-refractivity contribution in [1.82, 2.24) is 9.55 Å². The summed E-state index contributed by atoms with van der Waals surface area (Å²) in [6.45, 7) is 0. The lowest BCUT2D eigenvalue weighted by Crippen LogP contribution is -1.96. The van der Waals surface area contributed by atoms with Gasteiger partial charge in [0, 0.05) is 0 Å². The Balaban J connectivity index is 2.38. The molecule has 0 spiro atoms. The van der Waals surface area contributed by atoms with Crippen molar-refractivity contribution in [3.05, 3.63) is 57.6 Å². The van der Waals surface area contributed by atoms with Crippen molar-refractivity contribution in [3.8, 4) is 11.8 Å². The molecule has 0 radical (unpaired) electrons. The van der Waals surface area contributed by atoms with Crippen molar-refractivity contribution in [2.45, 2.75) is 0 Å². The maximum absolute atomic E-state index is 13.2. The van der Waals surface area contributed by atoms with Crippen LogP contribution in [0.4, 0.5) is 4.39 Å². The van der Waals surface area contributed by atoms with Crippen molar-refractivity contribution in [2.75, 3.05) is 0 Å². The first-order valence-corrected chi connectivity index (χ1v) is 6.49. The van der Waals surface area contributed by atoms with Gasteiger partial charge in [-0.3, -0.25) is 4.57 Å². The molecule has 0 atom stereocenters. The zero-order valence-electron chi connectivity index (χ0n) is 10.0. The van der Waals surface area contributed by atoms with Crippen LogP contribution in [0.3, 0.4) is 0 Å². The van der Waals surface area contributed by atoms with E-state index in [1.54, 1.807) is 28.8 Å². The molecule has 3 aromatic rings. The molecule has 20 heavy (non-hydrogen) atoms. The fraction of sp³-hybridized carbons (Fsp3) is 0. The number of rotatable bonds is 1. The second-order valence-corrected chi connectivity index (χ2v) is 5.00. The molecule has 3 nitrogen and oxygen atoms in total. The normalized spacial score (nSPS) is 10.7. The lowest BCUT2D eigenvalue weighted by molar-refractivity contribution is 0.629. The molecule has 0 unspecified atom stereocenters. The first kappa shape index (κ1) is 12.9. The quantitative estimate of drug-likeness (QED) is 0.679. The van der Waals surface area contributed by atoms with Gasteiger partial charge < -0.3 is 4.98 Å². The summed E-state index contributed by atoms with van der Waals surface area (Å²) in [6.07, 6.45) is 0. The number of fused-ring (bicyclic) bond motifs is 1. The Morgan fingerprint density at radius 3 is 2.80 bits per heavy atom. The molecule has 3 rings (SSSR count). The number of nitriles is 1. The van der Waals surface area contributed by atoms with Crippen molar-refractivity contribution < 1.29 is 4.39 Å². The molecule has 0 fully saturated rings. The van der Waals surface area contributed by atoms with Gasteiger partial charge in [-0.1, -0.05) is 11.6 Å². The van der Waals surface area contributed by atoms with Crippen LogP contribution in [0.2, 0.25) is 5.02 Å². The lowest BCUT2D eigenvalue weighted by atomic mass is 10.2. The summed E-state index contributed by atoms with van der Waals surface area (Å²) in [7, 11) is 0. The smallest absolute Gasteiger partial charge is 0.182 e. The third-order valence-electron chi connectivity index (χ3n) is 2.96. The van der Waals surface area contributed by atoms with Gasteiger partial charge in [-0.15, -0.1) is 0 Å². The Kier molecular flexibility index (Phi) is 3.05. The van der Waals surface area contributed by atoms with Crippen molar-refractivity contribution in [1.29, 1.82) is 5.26 Å². The third-order valence-corrected chi connectivity index (χ3v) is 3.56. The van der Waals surface area contributed by atoms with Crippen LogP contribution in [-0.2, 0) is 0 Å². The predicted molar refractivity (Wildman–Crippen MR) is 78.1 cm³/mol. The maximum Gasteiger partial charge on any atom is 0.182 e. The van der Waals surface area contributed by atoms with Gasteiger partial charge in [-0.25, -0.2) is 4.39 Å². The average Bonchev–Trinajstić information content (AvgIpc) is 2.74. The number of aromatic amines is 1. The second-order valence-electron chi connectivity index (χ2n) is 4.21. The van der Waals surface area contributed by atoms with E-state index >= 15 is 0 Å². The van der Waals surface area contributed by atoms with Gasteiger partial charge in [0.2, 0.25) is 0 Å². The standard InChI is InChI=1S/C14H7ClFN3S/c15-10-3-1-8(7-17)5-13(10)19-12-4-2-9(16)6-11(12)18-14(19)20/h1-6H,(H,18,20). The maximum atomic E-state index is 13.2. The monoisotopic (exact) mass is 303 g/mol. The number of aromatic nitrogens is 2. The van der Waals surface area contributed by atoms with E-state index in [-0.39, 0.29) is 5.82 Å². The SMILES string of the molecule is N#Cc1ccc(Cl)c(-n2c(=S)[nH]c3cc(F)ccc32)c1. The summed E-state index contributed by atoms with van der Waals surface area (Å²) in [5.41, 5.74) is 2.35. The minimum atomic E-state index is -0.349. The molecule has 1 N–H and O–H groups in total. The average molecular weight is 304 g/mol. The van der Waals surface area contributed by atoms with E-state index in [2.05, 4.69) is 11.1 Å². The fourth-order valence-electron chi connectivity index (χ4n) is 2.08. The minimum absolute atomic E-state index is 0.349. The van der Waals surface area contributed by atoms with E-state index in [1.165, 1.54) is 12.1 Å². The van der Waals surface area contributed by atoms with Crippen LogP contribution in [0.5, 0.6) is 0 Å². The summed E-state index contributed by atoms with van der Waals surface area (Å²) in [4.78, 5) is 2.93. The Morgan fingerprint density at radius 2 is 2.05 bits per heavy atom. The van der Waals surface area contributed by atoms with Crippen LogP contribution >= 0.6 is 23.8 Å². The lowest BCUT2D eigenvalue weighted by Gasteiger charge is -2.07. The molecule has 1 aromatic heterocycles. The van der Waals surface area contributed by atoms with E-state index in [0.717, 1.165) is 0 Å². The van der Waals surface area contributed by atoms with E-state index in [4.69, 9.17) is 29.1 Å². The number of nitrogens with zero attached hydrogens (tertiary/aromatic N) is 2. The zero-order chi connectivity index (χ0) is 14.3. The van der Waals surface area contributed by atoms with E-state index in [9.17, 15) is 4.39 Å². The van der Waals surface area contributed by atoms with Crippen LogP contribution in [0.25, 0.3) is 16.7 Å². The van der Waals surface area contributed by atoms with Gasteiger partial charge in [-0.2, -0.15) is 5.26 Å². The highest BCUT2D eigenvalue weighted by Gasteiger charge is 2.11. The number of hydrogen-bond donors (Lipinski definition) is 1. The first-order chi connectivity index (χ1) is 9.60. The van der Waals surface area contributed by atoms with Gasteiger partial charge in [-0.05, 0) is 48.6 Å². The highest BCUT2D eigenvalue weighted by Crippen LogP contribution is 2.26. The number of benzene rings is 2. The van der Waals surface area contributed by atoms with Crippen LogP contribution in [0.1, 0.15) is 5.56 Å². The number of hydrogen-bond acceptors (Lipinski definition) is 2. The van der Waals surface area contributed by atoms with E-state index < -0.39 is 0 Å². The van der Waals surface area contributed by atoms with E-state index in [1.807, 2.05) is 0 Å². The molecule has 0 amide bonds. The van der Waals surface area contributed by atoms with Crippen LogP contribution in [0, 0.1) is 21.9 Å². The Hall–Kier alpha value is -2.16. The number of halogens is 2. The largest absolute Gasteiger partial charge is 0.330 e. The van der Waals surface area contributed by atoms with Crippen LogP contribution < -0.4 is 0 Å². The Labute approximate surface area is 123 Å². The molecular weight excluding hydrogens is 297 g/mol.